The number of hydrogen-bond donors (Lipinski definition) is 1. The van der Waals surface area contributed by atoms with Crippen LogP contribution >= 0.6 is 0 Å². The van der Waals surface area contributed by atoms with Crippen molar-refractivity contribution in [3.63, 3.8) is 0 Å². The molecule has 1 N–H and O–H groups in total. The van der Waals surface area contributed by atoms with Crippen LogP contribution in [0.15, 0.2) is 29.2 Å². The molecule has 108 valence electrons. The molecule has 0 radical (unpaired) electrons. The van der Waals surface area contributed by atoms with Gasteiger partial charge in [0.2, 0.25) is 10.0 Å². The molecule has 0 aliphatic heterocycles. The normalized spacial score (nSPS) is 12.9. The zero-order valence-electron chi connectivity index (χ0n) is 11.3. The SMILES string of the molecule is CCN(CC(C)C(=O)O)S(=O)(=O)c1ccc(C#N)cc1. The second-order valence-corrected chi connectivity index (χ2v) is 6.27. The van der Waals surface area contributed by atoms with E-state index < -0.39 is 21.9 Å². The van der Waals surface area contributed by atoms with Crippen LogP contribution in [0, 0.1) is 17.2 Å². The molecule has 0 bridgehead atoms. The zero-order valence-corrected chi connectivity index (χ0v) is 12.1. The first-order valence-electron chi connectivity index (χ1n) is 6.06. The summed E-state index contributed by atoms with van der Waals surface area (Å²) < 4.78 is 25.9. The minimum atomic E-state index is -3.74. The second-order valence-electron chi connectivity index (χ2n) is 4.33. The van der Waals surface area contributed by atoms with E-state index in [0.717, 1.165) is 4.31 Å². The summed E-state index contributed by atoms with van der Waals surface area (Å²) in [6.07, 6.45) is 0. The molecule has 0 spiro atoms. The van der Waals surface area contributed by atoms with Gasteiger partial charge in [-0.25, -0.2) is 8.42 Å². The Morgan fingerprint density at radius 2 is 1.95 bits per heavy atom. The molecule has 0 saturated carbocycles. The average molecular weight is 296 g/mol. The minimum absolute atomic E-state index is 0.0518. The fraction of sp³-hybridized carbons (Fsp3) is 0.385. The number of carboxylic acids is 1. The molecule has 0 fully saturated rings. The van der Waals surface area contributed by atoms with Crippen molar-refractivity contribution in [2.75, 3.05) is 13.1 Å². The fourth-order valence-corrected chi connectivity index (χ4v) is 3.17. The number of aliphatic carboxylic acids is 1. The third-order valence-corrected chi connectivity index (χ3v) is 4.83. The van der Waals surface area contributed by atoms with Gasteiger partial charge in [0, 0.05) is 13.1 Å². The summed E-state index contributed by atoms with van der Waals surface area (Å²) in [5.41, 5.74) is 0.367. The van der Waals surface area contributed by atoms with Crippen molar-refractivity contribution in [1.82, 2.24) is 4.31 Å². The van der Waals surface area contributed by atoms with Gasteiger partial charge in [-0.1, -0.05) is 13.8 Å². The van der Waals surface area contributed by atoms with Crippen molar-refractivity contribution in [3.05, 3.63) is 29.8 Å². The Kier molecular flexibility index (Phi) is 5.25. The first-order valence-corrected chi connectivity index (χ1v) is 7.50. The van der Waals surface area contributed by atoms with E-state index in [1.807, 2.05) is 6.07 Å². The standard InChI is InChI=1S/C13H16N2O4S/c1-3-15(9-10(2)13(16)17)20(18,19)12-6-4-11(8-14)5-7-12/h4-7,10H,3,9H2,1-2H3,(H,16,17). The molecule has 1 unspecified atom stereocenters. The molecule has 0 heterocycles. The summed E-state index contributed by atoms with van der Waals surface area (Å²) >= 11 is 0. The Hall–Kier alpha value is -1.91. The van der Waals surface area contributed by atoms with Crippen molar-refractivity contribution >= 4 is 16.0 Å². The Morgan fingerprint density at radius 1 is 1.40 bits per heavy atom. The minimum Gasteiger partial charge on any atom is -0.481 e. The second kappa shape index (κ2) is 6.50. The van der Waals surface area contributed by atoms with Crippen LogP contribution in [0.2, 0.25) is 0 Å². The van der Waals surface area contributed by atoms with E-state index in [1.165, 1.54) is 31.2 Å². The number of sulfonamides is 1. The van der Waals surface area contributed by atoms with Crippen LogP contribution in [0.1, 0.15) is 19.4 Å². The van der Waals surface area contributed by atoms with Crippen molar-refractivity contribution in [2.45, 2.75) is 18.7 Å². The Bertz CT molecular complexity index is 617. The van der Waals surface area contributed by atoms with Crippen molar-refractivity contribution in [2.24, 2.45) is 5.92 Å². The summed E-state index contributed by atoms with van der Waals surface area (Å²) in [6, 6.07) is 7.44. The van der Waals surface area contributed by atoms with E-state index in [2.05, 4.69) is 0 Å². The monoisotopic (exact) mass is 296 g/mol. The van der Waals surface area contributed by atoms with E-state index in [-0.39, 0.29) is 18.0 Å². The summed E-state index contributed by atoms with van der Waals surface area (Å²) in [5.74, 6) is -1.83. The van der Waals surface area contributed by atoms with Crippen LogP contribution in [0.4, 0.5) is 0 Å². The average Bonchev–Trinajstić information content (AvgIpc) is 2.44. The predicted octanol–water partition coefficient (Wildman–Crippen LogP) is 1.29. The van der Waals surface area contributed by atoms with E-state index >= 15 is 0 Å². The lowest BCUT2D eigenvalue weighted by Gasteiger charge is -2.22. The van der Waals surface area contributed by atoms with Gasteiger partial charge in [-0.15, -0.1) is 0 Å². The Balaban J connectivity index is 3.05. The van der Waals surface area contributed by atoms with Crippen LogP contribution in [0.3, 0.4) is 0 Å². The number of nitrogens with zero attached hydrogens (tertiary/aromatic N) is 2. The summed E-state index contributed by atoms with van der Waals surface area (Å²) in [5, 5.41) is 17.6. The maximum atomic E-state index is 12.4. The van der Waals surface area contributed by atoms with Crippen LogP contribution in [0.25, 0.3) is 0 Å². The zero-order chi connectivity index (χ0) is 15.3. The molecule has 1 aromatic carbocycles. The highest BCUT2D eigenvalue weighted by Crippen LogP contribution is 2.17. The third kappa shape index (κ3) is 3.56. The van der Waals surface area contributed by atoms with E-state index in [1.54, 1.807) is 6.92 Å². The topological polar surface area (TPSA) is 98.5 Å². The van der Waals surface area contributed by atoms with Crippen LogP contribution in [0.5, 0.6) is 0 Å². The van der Waals surface area contributed by atoms with Gasteiger partial charge in [0.25, 0.3) is 0 Å². The Labute approximate surface area is 118 Å². The molecule has 0 amide bonds. The van der Waals surface area contributed by atoms with Gasteiger partial charge in [-0.3, -0.25) is 4.79 Å². The molecule has 1 aromatic rings. The summed E-state index contributed by atoms with van der Waals surface area (Å²) in [4.78, 5) is 10.9. The van der Waals surface area contributed by atoms with E-state index in [9.17, 15) is 13.2 Å². The molecule has 6 nitrogen and oxygen atoms in total. The van der Waals surface area contributed by atoms with Crippen molar-refractivity contribution in [3.8, 4) is 6.07 Å². The lowest BCUT2D eigenvalue weighted by molar-refractivity contribution is -0.141. The molecular weight excluding hydrogens is 280 g/mol. The van der Waals surface area contributed by atoms with E-state index in [0.29, 0.717) is 5.56 Å². The Morgan fingerprint density at radius 3 is 2.35 bits per heavy atom. The van der Waals surface area contributed by atoms with Gasteiger partial charge >= 0.3 is 5.97 Å². The largest absolute Gasteiger partial charge is 0.481 e. The number of hydrogen-bond acceptors (Lipinski definition) is 4. The molecule has 0 saturated heterocycles. The van der Waals surface area contributed by atoms with Gasteiger partial charge in [-0.05, 0) is 24.3 Å². The highest BCUT2D eigenvalue weighted by molar-refractivity contribution is 7.89. The number of benzene rings is 1. The van der Waals surface area contributed by atoms with Gasteiger partial charge in [0.05, 0.1) is 22.4 Å². The van der Waals surface area contributed by atoms with Crippen LogP contribution in [-0.4, -0.2) is 36.9 Å². The third-order valence-electron chi connectivity index (χ3n) is 2.87. The fourth-order valence-electron chi connectivity index (χ4n) is 1.63. The smallest absolute Gasteiger partial charge is 0.307 e. The highest BCUT2D eigenvalue weighted by atomic mass is 32.2. The number of carbonyl (C=O) groups is 1. The van der Waals surface area contributed by atoms with Gasteiger partial charge < -0.3 is 5.11 Å². The molecule has 0 aliphatic rings. The highest BCUT2D eigenvalue weighted by Gasteiger charge is 2.26. The molecule has 1 rings (SSSR count). The number of nitriles is 1. The lowest BCUT2D eigenvalue weighted by atomic mass is 10.2. The first-order chi connectivity index (χ1) is 9.32. The maximum absolute atomic E-state index is 12.4. The number of carboxylic acid groups (broad SMARTS) is 1. The summed E-state index contributed by atoms with van der Waals surface area (Å²) in [6.45, 7) is 3.20. The molecule has 20 heavy (non-hydrogen) atoms. The molecule has 7 heteroatoms. The molecular formula is C13H16N2O4S. The van der Waals surface area contributed by atoms with Crippen LogP contribution in [-0.2, 0) is 14.8 Å². The quantitative estimate of drug-likeness (QED) is 0.852. The lowest BCUT2D eigenvalue weighted by Crippen LogP contribution is -2.36. The van der Waals surface area contributed by atoms with Crippen molar-refractivity contribution in [1.29, 1.82) is 5.26 Å². The van der Waals surface area contributed by atoms with Gasteiger partial charge in [0.15, 0.2) is 0 Å². The molecule has 1 atom stereocenters. The molecule has 0 aliphatic carbocycles. The molecule has 0 aromatic heterocycles. The van der Waals surface area contributed by atoms with Crippen LogP contribution < -0.4 is 0 Å². The van der Waals surface area contributed by atoms with Crippen molar-refractivity contribution < 1.29 is 18.3 Å². The van der Waals surface area contributed by atoms with Gasteiger partial charge in [0.1, 0.15) is 0 Å². The predicted molar refractivity (Wildman–Crippen MR) is 72.4 cm³/mol. The maximum Gasteiger partial charge on any atom is 0.307 e. The summed E-state index contributed by atoms with van der Waals surface area (Å²) in [7, 11) is -3.74. The number of rotatable bonds is 6. The van der Waals surface area contributed by atoms with E-state index in [4.69, 9.17) is 10.4 Å². The van der Waals surface area contributed by atoms with Gasteiger partial charge in [-0.2, -0.15) is 9.57 Å². The first kappa shape index (κ1) is 16.1.